The maximum atomic E-state index is 12.4. The Bertz CT molecular complexity index is 503. The average molecular weight is 274 g/mol. The van der Waals surface area contributed by atoms with Crippen LogP contribution in [0.3, 0.4) is 0 Å². The van der Waals surface area contributed by atoms with Crippen molar-refractivity contribution in [2.45, 2.75) is 44.3 Å². The summed E-state index contributed by atoms with van der Waals surface area (Å²) in [5.74, 6) is 1.13. The number of fused-ring (bicyclic) bond motifs is 2. The fraction of sp³-hybridized carbons (Fsp3) is 0.562. The van der Waals surface area contributed by atoms with Gasteiger partial charge in [-0.15, -0.1) is 0 Å². The number of ether oxygens (including phenoxy) is 1. The van der Waals surface area contributed by atoms with E-state index in [4.69, 9.17) is 4.74 Å². The Morgan fingerprint density at radius 3 is 2.85 bits per heavy atom. The van der Waals surface area contributed by atoms with E-state index in [0.29, 0.717) is 12.1 Å². The van der Waals surface area contributed by atoms with Crippen LogP contribution in [0, 0.1) is 5.92 Å². The zero-order chi connectivity index (χ0) is 14.1. The first-order valence-electron chi connectivity index (χ1n) is 7.38. The van der Waals surface area contributed by atoms with Crippen LogP contribution in [-0.4, -0.2) is 25.1 Å². The first kappa shape index (κ1) is 13.4. The second-order valence-electron chi connectivity index (χ2n) is 5.86. The Labute approximate surface area is 119 Å². The van der Waals surface area contributed by atoms with Crippen LogP contribution in [0.4, 0.5) is 0 Å². The monoisotopic (exact) mass is 274 g/mol. The normalized spacial score (nSPS) is 29.2. The summed E-state index contributed by atoms with van der Waals surface area (Å²) < 4.78 is 5.36. The highest BCUT2D eigenvalue weighted by atomic mass is 16.5. The number of para-hydroxylation sites is 1. The van der Waals surface area contributed by atoms with Crippen molar-refractivity contribution >= 4 is 5.91 Å². The van der Waals surface area contributed by atoms with E-state index in [-0.39, 0.29) is 17.9 Å². The Morgan fingerprint density at radius 1 is 1.40 bits per heavy atom. The molecule has 3 unspecified atom stereocenters. The fourth-order valence-electron chi connectivity index (χ4n) is 3.54. The summed E-state index contributed by atoms with van der Waals surface area (Å²) in [6, 6.07) is 8.75. The summed E-state index contributed by atoms with van der Waals surface area (Å²) in [6.45, 7) is 2.01. The topological polar surface area (TPSA) is 50.4 Å². The van der Waals surface area contributed by atoms with Gasteiger partial charge in [-0.3, -0.25) is 4.79 Å². The summed E-state index contributed by atoms with van der Waals surface area (Å²) in [7, 11) is 1.66. The summed E-state index contributed by atoms with van der Waals surface area (Å²) in [5, 5.41) is 6.65. The molecule has 0 saturated carbocycles. The van der Waals surface area contributed by atoms with Crippen molar-refractivity contribution in [1.29, 1.82) is 0 Å². The summed E-state index contributed by atoms with van der Waals surface area (Å²) in [6.07, 6.45) is 3.33. The second kappa shape index (κ2) is 5.44. The minimum Gasteiger partial charge on any atom is -0.496 e. The number of methoxy groups -OCH3 is 1. The summed E-state index contributed by atoms with van der Waals surface area (Å²) in [4.78, 5) is 12.4. The molecule has 4 heteroatoms. The van der Waals surface area contributed by atoms with Gasteiger partial charge in [-0.25, -0.2) is 0 Å². The first-order valence-corrected chi connectivity index (χ1v) is 7.38. The van der Waals surface area contributed by atoms with Crippen molar-refractivity contribution in [1.82, 2.24) is 10.6 Å². The minimum atomic E-state index is -0.0298. The maximum Gasteiger partial charge on any atom is 0.225 e. The van der Waals surface area contributed by atoms with Gasteiger partial charge in [0.1, 0.15) is 5.75 Å². The second-order valence-corrected chi connectivity index (χ2v) is 5.86. The molecule has 1 amide bonds. The number of rotatable bonds is 4. The van der Waals surface area contributed by atoms with Crippen LogP contribution >= 0.6 is 0 Å². The molecule has 3 rings (SSSR count). The molecule has 2 N–H and O–H groups in total. The lowest BCUT2D eigenvalue weighted by Crippen LogP contribution is -2.38. The number of amides is 1. The van der Waals surface area contributed by atoms with Crippen molar-refractivity contribution in [3.8, 4) is 5.75 Å². The number of hydrogen-bond donors (Lipinski definition) is 2. The molecule has 1 aromatic carbocycles. The smallest absolute Gasteiger partial charge is 0.225 e. The van der Waals surface area contributed by atoms with Crippen molar-refractivity contribution in [3.05, 3.63) is 29.8 Å². The van der Waals surface area contributed by atoms with E-state index in [1.165, 1.54) is 6.42 Å². The third kappa shape index (κ3) is 2.40. The average Bonchev–Trinajstić information content (AvgIpc) is 3.09. The molecule has 2 heterocycles. The number of carbonyl (C=O) groups is 1. The highest BCUT2D eigenvalue weighted by molar-refractivity contribution is 5.80. The molecule has 0 aromatic heterocycles. The molecule has 2 aliphatic heterocycles. The van der Waals surface area contributed by atoms with E-state index >= 15 is 0 Å². The standard InChI is InChI=1S/C16H22N2O2/c1-10(12-5-3-4-6-15(12)20-2)17-16(19)13-9-11-7-8-14(13)18-11/h3-6,10-11,13-14,18H,7-9H2,1-2H3,(H,17,19)/t10-,11?,13?,14?/m1/s1. The van der Waals surface area contributed by atoms with Crippen LogP contribution in [0.25, 0.3) is 0 Å². The van der Waals surface area contributed by atoms with Gasteiger partial charge >= 0.3 is 0 Å². The van der Waals surface area contributed by atoms with Crippen LogP contribution in [-0.2, 0) is 4.79 Å². The molecule has 0 spiro atoms. The van der Waals surface area contributed by atoms with E-state index in [9.17, 15) is 4.79 Å². The molecule has 2 saturated heterocycles. The molecule has 2 aliphatic rings. The highest BCUT2D eigenvalue weighted by Crippen LogP contribution is 2.34. The maximum absolute atomic E-state index is 12.4. The van der Waals surface area contributed by atoms with E-state index in [0.717, 1.165) is 24.2 Å². The van der Waals surface area contributed by atoms with Gasteiger partial charge in [0, 0.05) is 17.6 Å². The predicted octanol–water partition coefficient (Wildman–Crippen LogP) is 2.01. The largest absolute Gasteiger partial charge is 0.496 e. The fourth-order valence-corrected chi connectivity index (χ4v) is 3.54. The SMILES string of the molecule is COc1ccccc1[C@@H](C)NC(=O)C1CC2CCC1N2. The molecular formula is C16H22N2O2. The highest BCUT2D eigenvalue weighted by Gasteiger charge is 2.42. The Balaban J connectivity index is 1.66. The molecule has 4 atom stereocenters. The van der Waals surface area contributed by atoms with Gasteiger partial charge in [0.2, 0.25) is 5.91 Å². The quantitative estimate of drug-likeness (QED) is 0.883. The van der Waals surface area contributed by atoms with Crippen LogP contribution in [0.5, 0.6) is 5.75 Å². The van der Waals surface area contributed by atoms with Gasteiger partial charge in [-0.1, -0.05) is 18.2 Å². The third-order valence-electron chi connectivity index (χ3n) is 4.60. The number of carbonyl (C=O) groups excluding carboxylic acids is 1. The molecule has 2 bridgehead atoms. The molecule has 20 heavy (non-hydrogen) atoms. The zero-order valence-electron chi connectivity index (χ0n) is 12.1. The lowest BCUT2D eigenvalue weighted by atomic mass is 9.88. The zero-order valence-corrected chi connectivity index (χ0v) is 12.1. The molecule has 2 fully saturated rings. The molecule has 0 radical (unpaired) electrons. The van der Waals surface area contributed by atoms with Crippen LogP contribution in [0.2, 0.25) is 0 Å². The van der Waals surface area contributed by atoms with Crippen LogP contribution < -0.4 is 15.4 Å². The first-order chi connectivity index (χ1) is 9.69. The minimum absolute atomic E-state index is 0.0298. The molecule has 108 valence electrons. The molecular weight excluding hydrogens is 252 g/mol. The lowest BCUT2D eigenvalue weighted by molar-refractivity contribution is -0.126. The predicted molar refractivity (Wildman–Crippen MR) is 77.6 cm³/mol. The Hall–Kier alpha value is -1.55. The van der Waals surface area contributed by atoms with Crippen LogP contribution in [0.15, 0.2) is 24.3 Å². The lowest BCUT2D eigenvalue weighted by Gasteiger charge is -2.23. The summed E-state index contributed by atoms with van der Waals surface area (Å²) >= 11 is 0. The van der Waals surface area contributed by atoms with Gasteiger partial charge in [0.25, 0.3) is 0 Å². The van der Waals surface area contributed by atoms with Gasteiger partial charge in [0.05, 0.1) is 19.1 Å². The van der Waals surface area contributed by atoms with Crippen molar-refractivity contribution in [3.63, 3.8) is 0 Å². The Morgan fingerprint density at radius 2 is 2.20 bits per heavy atom. The van der Waals surface area contributed by atoms with Gasteiger partial charge in [0.15, 0.2) is 0 Å². The number of benzene rings is 1. The van der Waals surface area contributed by atoms with E-state index in [1.807, 2.05) is 31.2 Å². The Kier molecular flexibility index (Phi) is 3.66. The van der Waals surface area contributed by atoms with E-state index in [1.54, 1.807) is 7.11 Å². The molecule has 1 aromatic rings. The van der Waals surface area contributed by atoms with Crippen LogP contribution in [0.1, 0.15) is 37.8 Å². The van der Waals surface area contributed by atoms with Gasteiger partial charge < -0.3 is 15.4 Å². The van der Waals surface area contributed by atoms with Crippen molar-refractivity contribution < 1.29 is 9.53 Å². The molecule has 0 aliphatic carbocycles. The number of nitrogens with one attached hydrogen (secondary N) is 2. The van der Waals surface area contributed by atoms with Crippen molar-refractivity contribution in [2.24, 2.45) is 5.92 Å². The van der Waals surface area contributed by atoms with E-state index < -0.39 is 0 Å². The summed E-state index contributed by atoms with van der Waals surface area (Å²) in [5.41, 5.74) is 1.03. The third-order valence-corrected chi connectivity index (χ3v) is 4.60. The van der Waals surface area contributed by atoms with Gasteiger partial charge in [-0.2, -0.15) is 0 Å². The van der Waals surface area contributed by atoms with Crippen molar-refractivity contribution in [2.75, 3.05) is 7.11 Å². The molecule has 4 nitrogen and oxygen atoms in total. The van der Waals surface area contributed by atoms with Gasteiger partial charge in [-0.05, 0) is 32.3 Å². The van der Waals surface area contributed by atoms with E-state index in [2.05, 4.69) is 10.6 Å². The number of hydrogen-bond acceptors (Lipinski definition) is 3.